The molecule has 0 aromatic rings. The topological polar surface area (TPSA) is 86.7 Å². The second-order valence-electron chi connectivity index (χ2n) is 6.43. The van der Waals surface area contributed by atoms with E-state index in [1.54, 1.807) is 4.90 Å². The van der Waals surface area contributed by atoms with Crippen LogP contribution in [0.2, 0.25) is 0 Å². The van der Waals surface area contributed by atoms with Gasteiger partial charge in [0.25, 0.3) is 0 Å². The highest BCUT2D eigenvalue weighted by molar-refractivity contribution is 5.89. The summed E-state index contributed by atoms with van der Waals surface area (Å²) < 4.78 is 0. The van der Waals surface area contributed by atoms with Crippen LogP contribution in [0, 0.1) is 11.3 Å². The number of carbonyl (C=O) groups is 3. The first-order valence-corrected chi connectivity index (χ1v) is 7.52. The minimum absolute atomic E-state index is 0.0411. The number of aliphatic carboxylic acids is 1. The number of amides is 2. The third kappa shape index (κ3) is 5.73. The molecule has 1 heterocycles. The van der Waals surface area contributed by atoms with Crippen molar-refractivity contribution in [2.24, 2.45) is 11.3 Å². The standard InChI is InChI=1S/C15H26N2O4/c1-4-17-10-11(9-12(17)18)14(21)16-8-7-15(2,3)6-5-13(19)20/h11H,4-10H2,1-3H3,(H,16,21)(H,19,20). The van der Waals surface area contributed by atoms with E-state index in [1.165, 1.54) is 0 Å². The van der Waals surface area contributed by atoms with Crippen LogP contribution < -0.4 is 5.32 Å². The summed E-state index contributed by atoms with van der Waals surface area (Å²) >= 11 is 0. The summed E-state index contributed by atoms with van der Waals surface area (Å²) in [5.41, 5.74) is -0.118. The van der Waals surface area contributed by atoms with E-state index >= 15 is 0 Å². The molecule has 1 fully saturated rings. The van der Waals surface area contributed by atoms with Gasteiger partial charge in [0, 0.05) is 32.5 Å². The quantitative estimate of drug-likeness (QED) is 0.706. The van der Waals surface area contributed by atoms with Crippen molar-refractivity contribution in [2.75, 3.05) is 19.6 Å². The Balaban J connectivity index is 2.30. The van der Waals surface area contributed by atoms with Crippen molar-refractivity contribution in [3.63, 3.8) is 0 Å². The molecule has 0 radical (unpaired) electrons. The molecule has 1 unspecified atom stereocenters. The molecular weight excluding hydrogens is 272 g/mol. The van der Waals surface area contributed by atoms with E-state index in [0.29, 0.717) is 32.5 Å². The van der Waals surface area contributed by atoms with E-state index < -0.39 is 5.97 Å². The van der Waals surface area contributed by atoms with Gasteiger partial charge in [-0.15, -0.1) is 0 Å². The molecule has 0 spiro atoms. The fourth-order valence-electron chi connectivity index (χ4n) is 2.49. The number of nitrogens with zero attached hydrogens (tertiary/aromatic N) is 1. The van der Waals surface area contributed by atoms with Gasteiger partial charge in [-0.25, -0.2) is 0 Å². The third-order valence-corrected chi connectivity index (χ3v) is 4.08. The number of hydrogen-bond acceptors (Lipinski definition) is 3. The van der Waals surface area contributed by atoms with Gasteiger partial charge in [0.05, 0.1) is 5.92 Å². The van der Waals surface area contributed by atoms with E-state index in [-0.39, 0.29) is 29.6 Å². The number of carbonyl (C=O) groups excluding carboxylic acids is 2. The van der Waals surface area contributed by atoms with Crippen LogP contribution in [0.1, 0.15) is 46.5 Å². The Morgan fingerprint density at radius 2 is 2.05 bits per heavy atom. The van der Waals surface area contributed by atoms with Crippen molar-refractivity contribution in [3.05, 3.63) is 0 Å². The number of hydrogen-bond donors (Lipinski definition) is 2. The maximum Gasteiger partial charge on any atom is 0.303 e. The molecule has 0 saturated carbocycles. The van der Waals surface area contributed by atoms with Crippen molar-refractivity contribution in [3.8, 4) is 0 Å². The van der Waals surface area contributed by atoms with Crippen molar-refractivity contribution in [2.45, 2.75) is 46.5 Å². The molecule has 2 N–H and O–H groups in total. The van der Waals surface area contributed by atoms with Crippen molar-refractivity contribution in [1.29, 1.82) is 0 Å². The largest absolute Gasteiger partial charge is 0.481 e. The second kappa shape index (κ2) is 7.43. The van der Waals surface area contributed by atoms with E-state index in [2.05, 4.69) is 5.32 Å². The van der Waals surface area contributed by atoms with Gasteiger partial charge in [0.2, 0.25) is 11.8 Å². The summed E-state index contributed by atoms with van der Waals surface area (Å²) in [7, 11) is 0. The van der Waals surface area contributed by atoms with Crippen LogP contribution >= 0.6 is 0 Å². The van der Waals surface area contributed by atoms with E-state index in [1.807, 2.05) is 20.8 Å². The molecular formula is C15H26N2O4. The van der Waals surface area contributed by atoms with E-state index in [4.69, 9.17) is 5.11 Å². The number of nitrogens with one attached hydrogen (secondary N) is 1. The zero-order valence-corrected chi connectivity index (χ0v) is 13.1. The number of rotatable bonds is 8. The summed E-state index contributed by atoms with van der Waals surface area (Å²) in [6.45, 7) is 7.57. The first-order valence-electron chi connectivity index (χ1n) is 7.52. The van der Waals surface area contributed by atoms with E-state index in [9.17, 15) is 14.4 Å². The molecule has 0 aromatic carbocycles. The first-order chi connectivity index (χ1) is 9.75. The fourth-order valence-corrected chi connectivity index (χ4v) is 2.49. The molecule has 1 aliphatic heterocycles. The molecule has 1 rings (SSSR count). The zero-order valence-electron chi connectivity index (χ0n) is 13.1. The maximum atomic E-state index is 12.0. The Labute approximate surface area is 125 Å². The minimum Gasteiger partial charge on any atom is -0.481 e. The molecule has 1 atom stereocenters. The highest BCUT2D eigenvalue weighted by Crippen LogP contribution is 2.26. The van der Waals surface area contributed by atoms with Gasteiger partial charge in [0.1, 0.15) is 0 Å². The maximum absolute atomic E-state index is 12.0. The molecule has 2 amide bonds. The van der Waals surface area contributed by atoms with Gasteiger partial charge in [-0.3, -0.25) is 14.4 Å². The van der Waals surface area contributed by atoms with Crippen molar-refractivity contribution < 1.29 is 19.5 Å². The number of carboxylic acids is 1. The lowest BCUT2D eigenvalue weighted by Crippen LogP contribution is -2.35. The highest BCUT2D eigenvalue weighted by atomic mass is 16.4. The van der Waals surface area contributed by atoms with Gasteiger partial charge >= 0.3 is 5.97 Å². The second-order valence-corrected chi connectivity index (χ2v) is 6.43. The smallest absolute Gasteiger partial charge is 0.303 e. The van der Waals surface area contributed by atoms with Crippen molar-refractivity contribution >= 4 is 17.8 Å². The lowest BCUT2D eigenvalue weighted by atomic mass is 9.84. The van der Waals surface area contributed by atoms with Crippen LogP contribution in [0.4, 0.5) is 0 Å². The average molecular weight is 298 g/mol. The van der Waals surface area contributed by atoms with Crippen LogP contribution in [-0.2, 0) is 14.4 Å². The average Bonchev–Trinajstić information content (AvgIpc) is 2.77. The van der Waals surface area contributed by atoms with Gasteiger partial charge in [-0.2, -0.15) is 0 Å². The van der Waals surface area contributed by atoms with Gasteiger partial charge in [0.15, 0.2) is 0 Å². The predicted octanol–water partition coefficient (Wildman–Crippen LogP) is 1.25. The summed E-state index contributed by atoms with van der Waals surface area (Å²) in [6.07, 6.45) is 1.75. The van der Waals surface area contributed by atoms with Crippen LogP contribution in [0.5, 0.6) is 0 Å². The van der Waals surface area contributed by atoms with Crippen LogP contribution in [0.3, 0.4) is 0 Å². The normalized spacial score (nSPS) is 18.9. The summed E-state index contributed by atoms with van der Waals surface area (Å²) in [6, 6.07) is 0. The Bertz CT molecular complexity index is 406. The third-order valence-electron chi connectivity index (χ3n) is 4.08. The lowest BCUT2D eigenvalue weighted by Gasteiger charge is -2.24. The SMILES string of the molecule is CCN1CC(C(=O)NCCC(C)(C)CCC(=O)O)CC1=O. The highest BCUT2D eigenvalue weighted by Gasteiger charge is 2.33. The molecule has 21 heavy (non-hydrogen) atoms. The molecule has 1 saturated heterocycles. The Morgan fingerprint density at radius 3 is 2.57 bits per heavy atom. The molecule has 0 aromatic heterocycles. The summed E-state index contributed by atoms with van der Waals surface area (Å²) in [4.78, 5) is 35.9. The summed E-state index contributed by atoms with van der Waals surface area (Å²) in [5.74, 6) is -1.08. The molecule has 6 heteroatoms. The fraction of sp³-hybridized carbons (Fsp3) is 0.800. The van der Waals surface area contributed by atoms with E-state index in [0.717, 1.165) is 6.42 Å². The number of carboxylic acid groups (broad SMARTS) is 1. The predicted molar refractivity (Wildman–Crippen MR) is 78.6 cm³/mol. The zero-order chi connectivity index (χ0) is 16.0. The molecule has 120 valence electrons. The number of likely N-dealkylation sites (tertiary alicyclic amines) is 1. The summed E-state index contributed by atoms with van der Waals surface area (Å²) in [5, 5.41) is 11.6. The molecule has 0 bridgehead atoms. The minimum atomic E-state index is -0.795. The van der Waals surface area contributed by atoms with Crippen LogP contribution in [-0.4, -0.2) is 47.4 Å². The Hall–Kier alpha value is -1.59. The Kier molecular flexibility index (Phi) is 6.18. The molecule has 0 aliphatic carbocycles. The Morgan fingerprint density at radius 1 is 1.38 bits per heavy atom. The van der Waals surface area contributed by atoms with Crippen LogP contribution in [0.25, 0.3) is 0 Å². The van der Waals surface area contributed by atoms with Gasteiger partial charge in [-0.05, 0) is 25.2 Å². The van der Waals surface area contributed by atoms with Gasteiger partial charge < -0.3 is 15.3 Å². The van der Waals surface area contributed by atoms with Crippen molar-refractivity contribution in [1.82, 2.24) is 10.2 Å². The molecule has 6 nitrogen and oxygen atoms in total. The first kappa shape index (κ1) is 17.5. The lowest BCUT2D eigenvalue weighted by molar-refractivity contribution is -0.137. The monoisotopic (exact) mass is 298 g/mol. The van der Waals surface area contributed by atoms with Crippen LogP contribution in [0.15, 0.2) is 0 Å². The van der Waals surface area contributed by atoms with Gasteiger partial charge in [-0.1, -0.05) is 13.8 Å². The molecule has 1 aliphatic rings.